The van der Waals surface area contributed by atoms with Crippen molar-refractivity contribution in [1.29, 1.82) is 5.26 Å². The number of hydrogen-bond acceptors (Lipinski definition) is 6. The van der Waals surface area contributed by atoms with Gasteiger partial charge in [0.2, 0.25) is 5.88 Å². The minimum atomic E-state index is -2.64. The van der Waals surface area contributed by atoms with Crippen LogP contribution in [-0.4, -0.2) is 42.5 Å². The van der Waals surface area contributed by atoms with Gasteiger partial charge in [-0.1, -0.05) is 19.1 Å². The zero-order chi connectivity index (χ0) is 23.6. The lowest BCUT2D eigenvalue weighted by Crippen LogP contribution is -2.25. The van der Waals surface area contributed by atoms with Crippen LogP contribution in [0, 0.1) is 17.2 Å². The number of nitrogens with zero attached hydrogens (tertiary/aromatic N) is 3. The van der Waals surface area contributed by atoms with Crippen molar-refractivity contribution in [1.82, 2.24) is 4.98 Å². The minimum Gasteiger partial charge on any atom is -0.489 e. The van der Waals surface area contributed by atoms with Gasteiger partial charge in [0.1, 0.15) is 23.7 Å². The van der Waals surface area contributed by atoms with E-state index in [2.05, 4.69) is 11.1 Å². The smallest absolute Gasteiger partial charge is 0.255 e. The summed E-state index contributed by atoms with van der Waals surface area (Å²) in [7, 11) is 0. The third kappa shape index (κ3) is 5.59. The van der Waals surface area contributed by atoms with E-state index in [0.717, 1.165) is 17.7 Å². The van der Waals surface area contributed by atoms with Gasteiger partial charge in [0.05, 0.1) is 24.8 Å². The lowest BCUT2D eigenvalue weighted by atomic mass is 9.96. The van der Waals surface area contributed by atoms with Gasteiger partial charge in [-0.15, -0.1) is 0 Å². The fourth-order valence-corrected chi connectivity index (χ4v) is 4.15. The van der Waals surface area contributed by atoms with Crippen LogP contribution in [0.4, 0.5) is 14.5 Å². The Hall–Kier alpha value is -3.21. The minimum absolute atomic E-state index is 0.0370. The van der Waals surface area contributed by atoms with Gasteiger partial charge in [0.25, 0.3) is 5.92 Å². The zero-order valence-corrected chi connectivity index (χ0v) is 18.8. The Morgan fingerprint density at radius 2 is 2.03 bits per heavy atom. The first-order valence-electron chi connectivity index (χ1n) is 11.2. The van der Waals surface area contributed by atoms with Crippen molar-refractivity contribution in [2.45, 2.75) is 51.1 Å². The number of Topliss-reactive ketones (excluding diaryl/α,β-unsaturated/α-hetero) is 1. The molecule has 1 saturated heterocycles. The van der Waals surface area contributed by atoms with Gasteiger partial charge in [0, 0.05) is 31.9 Å². The topological polar surface area (TPSA) is 75.4 Å². The number of nitriles is 1. The van der Waals surface area contributed by atoms with Crippen molar-refractivity contribution in [3.05, 3.63) is 47.7 Å². The van der Waals surface area contributed by atoms with E-state index in [4.69, 9.17) is 9.47 Å². The molecule has 0 amide bonds. The summed E-state index contributed by atoms with van der Waals surface area (Å²) < 4.78 is 37.5. The second kappa shape index (κ2) is 9.34. The summed E-state index contributed by atoms with van der Waals surface area (Å²) in [6.45, 7) is 4.85. The number of rotatable bonds is 9. The summed E-state index contributed by atoms with van der Waals surface area (Å²) in [4.78, 5) is 17.6. The molecule has 2 aromatic rings. The molecule has 0 spiro atoms. The van der Waals surface area contributed by atoms with Crippen LogP contribution in [0.5, 0.6) is 11.6 Å². The molecule has 2 fully saturated rings. The molecule has 2 heterocycles. The SMILES string of the molecule is CC(=O)C[C@@H](C)c1ccc(OC2CCN(c3ccc(OCC4CC4(F)F)nc3C#N)C2)cc1. The number of pyridine rings is 1. The number of anilines is 1. The first kappa shape index (κ1) is 23.0. The van der Waals surface area contributed by atoms with Gasteiger partial charge in [-0.05, 0) is 36.6 Å². The van der Waals surface area contributed by atoms with Crippen molar-refractivity contribution in [3.8, 4) is 17.7 Å². The largest absolute Gasteiger partial charge is 0.489 e. The molecule has 174 valence electrons. The Balaban J connectivity index is 1.33. The van der Waals surface area contributed by atoms with Crippen LogP contribution in [-0.2, 0) is 4.79 Å². The molecule has 2 unspecified atom stereocenters. The predicted octanol–water partition coefficient (Wildman–Crippen LogP) is 4.73. The highest BCUT2D eigenvalue weighted by Crippen LogP contribution is 2.48. The molecule has 2 aliphatic rings. The molecular formula is C25H27F2N3O3. The number of halogens is 2. The molecule has 0 radical (unpaired) electrons. The highest BCUT2D eigenvalue weighted by atomic mass is 19.3. The maximum Gasteiger partial charge on any atom is 0.255 e. The Morgan fingerprint density at radius 3 is 2.67 bits per heavy atom. The van der Waals surface area contributed by atoms with E-state index in [1.807, 2.05) is 36.1 Å². The Morgan fingerprint density at radius 1 is 1.30 bits per heavy atom. The van der Waals surface area contributed by atoms with Crippen molar-refractivity contribution in [2.24, 2.45) is 5.92 Å². The molecule has 0 bridgehead atoms. The molecule has 1 aromatic carbocycles. The van der Waals surface area contributed by atoms with Crippen molar-refractivity contribution < 1.29 is 23.0 Å². The molecule has 3 atom stereocenters. The Labute approximate surface area is 192 Å². The molecular weight excluding hydrogens is 428 g/mol. The number of benzene rings is 1. The molecule has 8 heteroatoms. The number of hydrogen-bond donors (Lipinski definition) is 0. The Kier molecular flexibility index (Phi) is 6.50. The first-order chi connectivity index (χ1) is 15.7. The number of ether oxygens (including phenoxy) is 2. The quantitative estimate of drug-likeness (QED) is 0.544. The third-order valence-electron chi connectivity index (χ3n) is 6.17. The highest BCUT2D eigenvalue weighted by Gasteiger charge is 2.57. The highest BCUT2D eigenvalue weighted by molar-refractivity contribution is 5.76. The summed E-state index contributed by atoms with van der Waals surface area (Å²) in [5.41, 5.74) is 1.99. The van der Waals surface area contributed by atoms with Crippen LogP contribution < -0.4 is 14.4 Å². The van der Waals surface area contributed by atoms with Gasteiger partial charge in [-0.25, -0.2) is 13.8 Å². The standard InChI is InChI=1S/C25H27F2N3O3/c1-16(11-17(2)31)18-3-5-20(6-4-18)33-21-9-10-30(14-21)23-7-8-24(29-22(23)13-28)32-15-19-12-25(19,26)27/h3-8,16,19,21H,9-12,14-15H2,1-2H3/t16-,19?,21?/m1/s1. The fourth-order valence-electron chi connectivity index (χ4n) is 4.15. The summed E-state index contributed by atoms with van der Waals surface area (Å²) in [5, 5.41) is 9.54. The van der Waals surface area contributed by atoms with Gasteiger partial charge in [-0.2, -0.15) is 5.26 Å². The lowest BCUT2D eigenvalue weighted by Gasteiger charge is -2.20. The van der Waals surface area contributed by atoms with E-state index in [9.17, 15) is 18.8 Å². The fraction of sp³-hybridized carbons (Fsp3) is 0.480. The Bertz CT molecular complexity index is 1050. The van der Waals surface area contributed by atoms with Crippen LogP contribution in [0.25, 0.3) is 0 Å². The zero-order valence-electron chi connectivity index (χ0n) is 18.8. The van der Waals surface area contributed by atoms with Crippen LogP contribution >= 0.6 is 0 Å². The summed E-state index contributed by atoms with van der Waals surface area (Å²) in [6, 6.07) is 13.3. The molecule has 1 aliphatic carbocycles. The number of carbonyl (C=O) groups is 1. The molecule has 1 aromatic heterocycles. The van der Waals surface area contributed by atoms with E-state index < -0.39 is 11.8 Å². The van der Waals surface area contributed by atoms with E-state index in [-0.39, 0.29) is 42.4 Å². The van der Waals surface area contributed by atoms with Gasteiger partial charge >= 0.3 is 0 Å². The molecule has 1 aliphatic heterocycles. The normalized spacial score (nSPS) is 21.8. The van der Waals surface area contributed by atoms with Crippen LogP contribution in [0.15, 0.2) is 36.4 Å². The maximum absolute atomic E-state index is 13.0. The van der Waals surface area contributed by atoms with E-state index in [0.29, 0.717) is 25.2 Å². The van der Waals surface area contributed by atoms with Crippen LogP contribution in [0.2, 0.25) is 0 Å². The second-order valence-corrected chi connectivity index (χ2v) is 8.95. The lowest BCUT2D eigenvalue weighted by molar-refractivity contribution is -0.117. The van der Waals surface area contributed by atoms with Gasteiger partial charge in [0.15, 0.2) is 5.69 Å². The monoisotopic (exact) mass is 455 g/mol. The number of carbonyl (C=O) groups excluding carboxylic acids is 1. The van der Waals surface area contributed by atoms with Crippen molar-refractivity contribution >= 4 is 11.5 Å². The average Bonchev–Trinajstić information content (AvgIpc) is 3.16. The summed E-state index contributed by atoms with van der Waals surface area (Å²) in [5.74, 6) is -2.13. The first-order valence-corrected chi connectivity index (χ1v) is 11.2. The number of alkyl halides is 2. The molecule has 6 nitrogen and oxygen atoms in total. The number of ketones is 1. The molecule has 1 saturated carbocycles. The number of aromatic nitrogens is 1. The summed E-state index contributed by atoms with van der Waals surface area (Å²) in [6.07, 6.45) is 1.11. The second-order valence-electron chi connectivity index (χ2n) is 8.95. The molecule has 4 rings (SSSR count). The van der Waals surface area contributed by atoms with E-state index in [1.54, 1.807) is 19.1 Å². The predicted molar refractivity (Wildman–Crippen MR) is 119 cm³/mol. The third-order valence-corrected chi connectivity index (χ3v) is 6.17. The van der Waals surface area contributed by atoms with E-state index >= 15 is 0 Å². The van der Waals surface area contributed by atoms with Gasteiger partial charge < -0.3 is 19.2 Å². The van der Waals surface area contributed by atoms with Crippen LogP contribution in [0.3, 0.4) is 0 Å². The molecule has 33 heavy (non-hydrogen) atoms. The van der Waals surface area contributed by atoms with Crippen molar-refractivity contribution in [3.63, 3.8) is 0 Å². The van der Waals surface area contributed by atoms with Crippen LogP contribution in [0.1, 0.15) is 50.3 Å². The maximum atomic E-state index is 13.0. The molecule has 0 N–H and O–H groups in total. The average molecular weight is 456 g/mol. The van der Waals surface area contributed by atoms with E-state index in [1.165, 1.54) is 0 Å². The summed E-state index contributed by atoms with van der Waals surface area (Å²) >= 11 is 0. The van der Waals surface area contributed by atoms with Crippen molar-refractivity contribution in [2.75, 3.05) is 24.6 Å². The van der Waals surface area contributed by atoms with Gasteiger partial charge in [-0.3, -0.25) is 0 Å².